The van der Waals surface area contributed by atoms with E-state index in [1.165, 1.54) is 12.8 Å². The van der Waals surface area contributed by atoms with Crippen LogP contribution in [0.4, 0.5) is 0 Å². The molecular weight excluding hydrogens is 190 g/mol. The van der Waals surface area contributed by atoms with Gasteiger partial charge in [-0.15, -0.1) is 0 Å². The van der Waals surface area contributed by atoms with Gasteiger partial charge >= 0.3 is 0 Å². The fraction of sp³-hybridized carbons (Fsp3) is 0.909. The SMILES string of the molecule is CNC(C#N)CN(C)CC1CCCOC1. The molecule has 0 aliphatic carbocycles. The molecule has 2 atom stereocenters. The summed E-state index contributed by atoms with van der Waals surface area (Å²) in [7, 11) is 3.89. The summed E-state index contributed by atoms with van der Waals surface area (Å²) in [5.74, 6) is 0.639. The van der Waals surface area contributed by atoms with Crippen molar-refractivity contribution in [2.75, 3.05) is 40.4 Å². The molecule has 1 rings (SSSR count). The van der Waals surface area contributed by atoms with E-state index < -0.39 is 0 Å². The second kappa shape index (κ2) is 6.78. The standard InChI is InChI=1S/C11H21N3O/c1-13-11(6-12)8-14(2)7-10-4-3-5-15-9-10/h10-11,13H,3-5,7-9H2,1-2H3. The van der Waals surface area contributed by atoms with Gasteiger partial charge in [-0.2, -0.15) is 5.26 Å². The first kappa shape index (κ1) is 12.4. The largest absolute Gasteiger partial charge is 0.381 e. The first-order chi connectivity index (χ1) is 7.26. The van der Waals surface area contributed by atoms with Crippen molar-refractivity contribution in [2.24, 2.45) is 5.92 Å². The minimum atomic E-state index is -0.0699. The summed E-state index contributed by atoms with van der Waals surface area (Å²) in [6, 6.07) is 2.17. The molecule has 1 heterocycles. The lowest BCUT2D eigenvalue weighted by Gasteiger charge is -2.27. The fourth-order valence-electron chi connectivity index (χ4n) is 1.98. The number of rotatable bonds is 5. The van der Waals surface area contributed by atoms with Gasteiger partial charge in [0.15, 0.2) is 0 Å². The lowest BCUT2D eigenvalue weighted by Crippen LogP contribution is -2.39. The molecule has 4 nitrogen and oxygen atoms in total. The monoisotopic (exact) mass is 211 g/mol. The van der Waals surface area contributed by atoms with E-state index >= 15 is 0 Å². The highest BCUT2D eigenvalue weighted by Gasteiger charge is 2.17. The second-order valence-corrected chi connectivity index (χ2v) is 4.27. The quantitative estimate of drug-likeness (QED) is 0.717. The Bertz CT molecular complexity index is 208. The highest BCUT2D eigenvalue weighted by molar-refractivity contribution is 4.90. The van der Waals surface area contributed by atoms with Crippen LogP contribution in [0, 0.1) is 17.2 Å². The second-order valence-electron chi connectivity index (χ2n) is 4.27. The van der Waals surface area contributed by atoms with Gasteiger partial charge in [0.2, 0.25) is 0 Å². The van der Waals surface area contributed by atoms with Crippen LogP contribution in [0.5, 0.6) is 0 Å². The van der Waals surface area contributed by atoms with Crippen molar-refractivity contribution in [3.63, 3.8) is 0 Å². The summed E-state index contributed by atoms with van der Waals surface area (Å²) < 4.78 is 5.43. The Kier molecular flexibility index (Phi) is 5.62. The van der Waals surface area contributed by atoms with Gasteiger partial charge < -0.3 is 15.0 Å². The maximum Gasteiger partial charge on any atom is 0.108 e. The lowest BCUT2D eigenvalue weighted by atomic mass is 10.0. The lowest BCUT2D eigenvalue weighted by molar-refractivity contribution is 0.0416. The summed E-state index contributed by atoms with van der Waals surface area (Å²) in [5, 5.41) is 11.8. The molecule has 0 spiro atoms. The third-order valence-electron chi connectivity index (χ3n) is 2.82. The molecule has 0 amide bonds. The van der Waals surface area contributed by atoms with Crippen molar-refractivity contribution in [3.8, 4) is 6.07 Å². The molecule has 0 saturated carbocycles. The molecule has 1 fully saturated rings. The van der Waals surface area contributed by atoms with Gasteiger partial charge in [0, 0.05) is 19.7 Å². The van der Waals surface area contributed by atoms with Crippen molar-refractivity contribution >= 4 is 0 Å². The molecule has 0 aromatic heterocycles. The Morgan fingerprint density at radius 1 is 1.67 bits per heavy atom. The number of hydrogen-bond donors (Lipinski definition) is 1. The Balaban J connectivity index is 2.22. The number of nitrogens with zero attached hydrogens (tertiary/aromatic N) is 2. The number of nitriles is 1. The molecule has 1 N–H and O–H groups in total. The van der Waals surface area contributed by atoms with Crippen molar-refractivity contribution in [2.45, 2.75) is 18.9 Å². The Morgan fingerprint density at radius 3 is 3.00 bits per heavy atom. The number of nitrogens with one attached hydrogen (secondary N) is 1. The predicted molar refractivity (Wildman–Crippen MR) is 59.5 cm³/mol. The molecule has 0 aromatic carbocycles. The van der Waals surface area contributed by atoms with Crippen LogP contribution in [-0.4, -0.2) is 51.3 Å². The topological polar surface area (TPSA) is 48.3 Å². The average molecular weight is 211 g/mol. The molecule has 4 heteroatoms. The molecule has 1 aliphatic rings. The van der Waals surface area contributed by atoms with E-state index in [4.69, 9.17) is 10.00 Å². The minimum Gasteiger partial charge on any atom is -0.381 e. The van der Waals surface area contributed by atoms with Crippen LogP contribution in [0.25, 0.3) is 0 Å². The smallest absolute Gasteiger partial charge is 0.108 e. The van der Waals surface area contributed by atoms with Crippen molar-refractivity contribution in [1.29, 1.82) is 5.26 Å². The van der Waals surface area contributed by atoms with Gasteiger partial charge in [-0.05, 0) is 32.9 Å². The number of likely N-dealkylation sites (N-methyl/N-ethyl adjacent to an activating group) is 2. The molecule has 0 aromatic rings. The summed E-state index contributed by atoms with van der Waals surface area (Å²) in [4.78, 5) is 2.21. The van der Waals surface area contributed by atoms with Gasteiger partial charge in [0.25, 0.3) is 0 Å². The van der Waals surface area contributed by atoms with Crippen LogP contribution in [-0.2, 0) is 4.74 Å². The van der Waals surface area contributed by atoms with E-state index in [-0.39, 0.29) is 6.04 Å². The molecule has 0 radical (unpaired) electrons. The van der Waals surface area contributed by atoms with E-state index in [0.29, 0.717) is 5.92 Å². The predicted octanol–water partition coefficient (Wildman–Crippen LogP) is 0.456. The molecule has 0 bridgehead atoms. The van der Waals surface area contributed by atoms with E-state index in [2.05, 4.69) is 23.3 Å². The van der Waals surface area contributed by atoms with Crippen molar-refractivity contribution < 1.29 is 4.74 Å². The first-order valence-corrected chi connectivity index (χ1v) is 5.59. The van der Waals surface area contributed by atoms with Gasteiger partial charge in [-0.3, -0.25) is 0 Å². The highest BCUT2D eigenvalue weighted by Crippen LogP contribution is 2.14. The highest BCUT2D eigenvalue weighted by atomic mass is 16.5. The Hall–Kier alpha value is -0.630. The van der Waals surface area contributed by atoms with Gasteiger partial charge in [0.05, 0.1) is 12.7 Å². The van der Waals surface area contributed by atoms with Gasteiger partial charge in [-0.1, -0.05) is 0 Å². The zero-order valence-electron chi connectivity index (χ0n) is 9.70. The first-order valence-electron chi connectivity index (χ1n) is 5.59. The molecule has 2 unspecified atom stereocenters. The van der Waals surface area contributed by atoms with Crippen LogP contribution in [0.1, 0.15) is 12.8 Å². The molecule has 1 aliphatic heterocycles. The minimum absolute atomic E-state index is 0.0699. The third-order valence-corrected chi connectivity index (χ3v) is 2.82. The zero-order valence-corrected chi connectivity index (χ0v) is 9.70. The van der Waals surface area contributed by atoms with E-state index in [1.807, 2.05) is 7.05 Å². The molecule has 86 valence electrons. The summed E-state index contributed by atoms with van der Waals surface area (Å²) in [6.45, 7) is 3.60. The van der Waals surface area contributed by atoms with Crippen LogP contribution in [0.3, 0.4) is 0 Å². The van der Waals surface area contributed by atoms with E-state index in [9.17, 15) is 0 Å². The number of hydrogen-bond acceptors (Lipinski definition) is 4. The maximum atomic E-state index is 8.82. The van der Waals surface area contributed by atoms with E-state index in [1.54, 1.807) is 0 Å². The fourth-order valence-corrected chi connectivity index (χ4v) is 1.98. The van der Waals surface area contributed by atoms with Gasteiger partial charge in [-0.25, -0.2) is 0 Å². The van der Waals surface area contributed by atoms with Crippen LogP contribution in [0.2, 0.25) is 0 Å². The molecule has 1 saturated heterocycles. The zero-order chi connectivity index (χ0) is 11.1. The Labute approximate surface area is 92.2 Å². The third kappa shape index (κ3) is 4.61. The maximum absolute atomic E-state index is 8.82. The van der Waals surface area contributed by atoms with Crippen molar-refractivity contribution in [3.05, 3.63) is 0 Å². The molecule has 15 heavy (non-hydrogen) atoms. The average Bonchev–Trinajstić information content (AvgIpc) is 2.27. The molecular formula is C11H21N3O. The summed E-state index contributed by atoms with van der Waals surface area (Å²) >= 11 is 0. The van der Waals surface area contributed by atoms with Crippen LogP contribution >= 0.6 is 0 Å². The summed E-state index contributed by atoms with van der Waals surface area (Å²) in [5.41, 5.74) is 0. The van der Waals surface area contributed by atoms with Crippen LogP contribution in [0.15, 0.2) is 0 Å². The van der Waals surface area contributed by atoms with Gasteiger partial charge in [0.1, 0.15) is 6.04 Å². The normalized spacial score (nSPS) is 23.7. The Morgan fingerprint density at radius 2 is 2.47 bits per heavy atom. The van der Waals surface area contributed by atoms with Crippen molar-refractivity contribution in [1.82, 2.24) is 10.2 Å². The van der Waals surface area contributed by atoms with E-state index in [0.717, 1.165) is 26.3 Å². The number of ether oxygens (including phenoxy) is 1. The summed E-state index contributed by atoms with van der Waals surface area (Å²) in [6.07, 6.45) is 2.42. The van der Waals surface area contributed by atoms with Crippen LogP contribution < -0.4 is 5.32 Å².